The van der Waals surface area contributed by atoms with E-state index in [0.29, 0.717) is 16.3 Å². The Morgan fingerprint density at radius 2 is 1.96 bits per heavy atom. The smallest absolute Gasteiger partial charge is 0.216 e. The molecule has 2 aromatic carbocycles. The summed E-state index contributed by atoms with van der Waals surface area (Å²) in [4.78, 5) is 4.31. The standard InChI is InChI=1S/C19H15N5OS/c1-25-17-10-9-13-6-2-3-7-14(13)15(17)12-21-24-18(22-23-19(24)26)16-8-4-5-11-20-16/h2-12H,1H3,(H,23,26)/b21-12-. The Kier molecular flexibility index (Phi) is 4.28. The van der Waals surface area contributed by atoms with Crippen LogP contribution in [0.15, 0.2) is 65.9 Å². The predicted molar refractivity (Wildman–Crippen MR) is 104 cm³/mol. The molecular formula is C19H15N5OS. The number of pyridine rings is 1. The monoisotopic (exact) mass is 361 g/mol. The number of H-pyrrole nitrogens is 1. The summed E-state index contributed by atoms with van der Waals surface area (Å²) >= 11 is 5.32. The lowest BCUT2D eigenvalue weighted by Gasteiger charge is -2.08. The number of benzene rings is 2. The molecule has 0 saturated carbocycles. The first-order chi connectivity index (χ1) is 12.8. The van der Waals surface area contributed by atoms with E-state index in [9.17, 15) is 0 Å². The van der Waals surface area contributed by atoms with Gasteiger partial charge in [0.1, 0.15) is 11.4 Å². The van der Waals surface area contributed by atoms with Gasteiger partial charge in [0.2, 0.25) is 10.6 Å². The van der Waals surface area contributed by atoms with Crippen LogP contribution >= 0.6 is 12.2 Å². The van der Waals surface area contributed by atoms with E-state index in [1.807, 2.05) is 48.5 Å². The lowest BCUT2D eigenvalue weighted by atomic mass is 10.0. The highest BCUT2D eigenvalue weighted by Crippen LogP contribution is 2.26. The zero-order valence-electron chi connectivity index (χ0n) is 14.0. The van der Waals surface area contributed by atoms with E-state index in [1.54, 1.807) is 24.2 Å². The van der Waals surface area contributed by atoms with Gasteiger partial charge in [0.15, 0.2) is 0 Å². The molecule has 0 radical (unpaired) electrons. The molecule has 0 unspecified atom stereocenters. The van der Waals surface area contributed by atoms with E-state index in [2.05, 4.69) is 26.3 Å². The minimum absolute atomic E-state index is 0.390. The Morgan fingerprint density at radius 1 is 1.12 bits per heavy atom. The minimum Gasteiger partial charge on any atom is -0.496 e. The summed E-state index contributed by atoms with van der Waals surface area (Å²) in [5.41, 5.74) is 1.56. The number of methoxy groups -OCH3 is 1. The van der Waals surface area contributed by atoms with Crippen LogP contribution < -0.4 is 4.74 Å². The topological polar surface area (TPSA) is 68.1 Å². The largest absolute Gasteiger partial charge is 0.496 e. The molecule has 0 aliphatic rings. The molecule has 0 saturated heterocycles. The molecule has 2 heterocycles. The fourth-order valence-electron chi connectivity index (χ4n) is 2.76. The zero-order chi connectivity index (χ0) is 17.9. The van der Waals surface area contributed by atoms with Crippen molar-refractivity contribution in [3.63, 3.8) is 0 Å². The van der Waals surface area contributed by atoms with Gasteiger partial charge in [-0.25, -0.2) is 5.10 Å². The molecule has 0 fully saturated rings. The van der Waals surface area contributed by atoms with Crippen LogP contribution in [0.5, 0.6) is 5.75 Å². The number of fused-ring (bicyclic) bond motifs is 1. The molecule has 26 heavy (non-hydrogen) atoms. The van der Waals surface area contributed by atoms with Crippen molar-refractivity contribution in [3.8, 4) is 17.3 Å². The minimum atomic E-state index is 0.390. The third-order valence-electron chi connectivity index (χ3n) is 4.00. The van der Waals surface area contributed by atoms with E-state index < -0.39 is 0 Å². The summed E-state index contributed by atoms with van der Waals surface area (Å²) < 4.78 is 7.45. The third-order valence-corrected chi connectivity index (χ3v) is 4.26. The van der Waals surface area contributed by atoms with Crippen molar-refractivity contribution in [1.82, 2.24) is 19.9 Å². The summed E-state index contributed by atoms with van der Waals surface area (Å²) in [6, 6.07) is 17.6. The number of aromatic nitrogens is 4. The second kappa shape index (κ2) is 6.89. The zero-order valence-corrected chi connectivity index (χ0v) is 14.8. The third kappa shape index (κ3) is 2.89. The van der Waals surface area contributed by atoms with E-state index in [-0.39, 0.29) is 0 Å². The molecule has 0 amide bonds. The Hall–Kier alpha value is -3.32. The normalized spacial score (nSPS) is 11.3. The quantitative estimate of drug-likeness (QED) is 0.440. The van der Waals surface area contributed by atoms with Crippen molar-refractivity contribution in [1.29, 1.82) is 0 Å². The molecule has 6 nitrogen and oxygen atoms in total. The Balaban J connectivity index is 1.85. The van der Waals surface area contributed by atoms with Crippen LogP contribution in [0.2, 0.25) is 0 Å². The molecule has 4 aromatic rings. The number of hydrogen-bond acceptors (Lipinski definition) is 5. The fraction of sp³-hybridized carbons (Fsp3) is 0.0526. The molecule has 128 valence electrons. The summed E-state index contributed by atoms with van der Waals surface area (Å²) in [6.07, 6.45) is 3.44. The van der Waals surface area contributed by atoms with Gasteiger partial charge in [-0.2, -0.15) is 14.9 Å². The molecule has 0 aliphatic carbocycles. The highest BCUT2D eigenvalue weighted by molar-refractivity contribution is 7.71. The second-order valence-corrected chi connectivity index (χ2v) is 5.91. The van der Waals surface area contributed by atoms with Gasteiger partial charge >= 0.3 is 0 Å². The predicted octanol–water partition coefficient (Wildman–Crippen LogP) is 4.05. The van der Waals surface area contributed by atoms with Gasteiger partial charge in [0.25, 0.3) is 0 Å². The maximum atomic E-state index is 5.51. The van der Waals surface area contributed by atoms with Crippen LogP contribution in [-0.2, 0) is 0 Å². The van der Waals surface area contributed by atoms with Crippen LogP contribution in [0.4, 0.5) is 0 Å². The average molecular weight is 361 g/mol. The van der Waals surface area contributed by atoms with Crippen molar-refractivity contribution in [2.75, 3.05) is 7.11 Å². The van der Waals surface area contributed by atoms with Gasteiger partial charge in [-0.3, -0.25) is 4.98 Å². The Labute approximate surface area is 154 Å². The number of hydrogen-bond donors (Lipinski definition) is 1. The lowest BCUT2D eigenvalue weighted by Crippen LogP contribution is -1.98. The molecule has 4 rings (SSSR count). The number of aromatic amines is 1. The van der Waals surface area contributed by atoms with Gasteiger partial charge < -0.3 is 4.74 Å². The highest BCUT2D eigenvalue weighted by Gasteiger charge is 2.10. The number of nitrogens with zero attached hydrogens (tertiary/aromatic N) is 4. The average Bonchev–Trinajstić information content (AvgIpc) is 3.07. The van der Waals surface area contributed by atoms with Gasteiger partial charge in [-0.15, -0.1) is 0 Å². The van der Waals surface area contributed by atoms with Crippen molar-refractivity contribution in [3.05, 3.63) is 71.1 Å². The molecule has 0 aliphatic heterocycles. The van der Waals surface area contributed by atoms with Crippen molar-refractivity contribution < 1.29 is 4.74 Å². The molecule has 1 N–H and O–H groups in total. The summed E-state index contributed by atoms with van der Waals surface area (Å²) in [7, 11) is 1.64. The van der Waals surface area contributed by atoms with Crippen LogP contribution in [0.3, 0.4) is 0 Å². The van der Waals surface area contributed by atoms with Gasteiger partial charge in [-0.05, 0) is 41.2 Å². The summed E-state index contributed by atoms with van der Waals surface area (Å²) in [5, 5.41) is 13.7. The molecule has 2 aromatic heterocycles. The molecular weight excluding hydrogens is 346 g/mol. The molecule has 7 heteroatoms. The SMILES string of the molecule is COc1ccc2ccccc2c1/C=N\n1c(-c2ccccn2)n[nH]c1=S. The van der Waals surface area contributed by atoms with Crippen molar-refractivity contribution in [2.45, 2.75) is 0 Å². The molecule has 0 spiro atoms. The molecule has 0 atom stereocenters. The Morgan fingerprint density at radius 3 is 2.77 bits per heavy atom. The van der Waals surface area contributed by atoms with Crippen LogP contribution in [0.25, 0.3) is 22.3 Å². The van der Waals surface area contributed by atoms with Crippen LogP contribution in [0.1, 0.15) is 5.56 Å². The fourth-order valence-corrected chi connectivity index (χ4v) is 2.94. The first-order valence-electron chi connectivity index (χ1n) is 7.97. The Bertz CT molecular complexity index is 1150. The first-order valence-corrected chi connectivity index (χ1v) is 8.37. The molecule has 0 bridgehead atoms. The summed E-state index contributed by atoms with van der Waals surface area (Å²) in [6.45, 7) is 0. The van der Waals surface area contributed by atoms with Crippen LogP contribution in [-0.4, -0.2) is 33.2 Å². The maximum Gasteiger partial charge on any atom is 0.216 e. The van der Waals surface area contributed by atoms with Crippen molar-refractivity contribution in [2.24, 2.45) is 5.10 Å². The van der Waals surface area contributed by atoms with Crippen molar-refractivity contribution >= 4 is 29.2 Å². The number of ether oxygens (including phenoxy) is 1. The first kappa shape index (κ1) is 16.2. The van der Waals surface area contributed by atoms with Gasteiger partial charge in [0.05, 0.1) is 13.3 Å². The maximum absolute atomic E-state index is 5.51. The van der Waals surface area contributed by atoms with E-state index >= 15 is 0 Å². The number of rotatable bonds is 4. The number of nitrogens with one attached hydrogen (secondary N) is 1. The van der Waals surface area contributed by atoms with Gasteiger partial charge in [0, 0.05) is 11.8 Å². The van der Waals surface area contributed by atoms with Crippen LogP contribution in [0, 0.1) is 4.77 Å². The lowest BCUT2D eigenvalue weighted by molar-refractivity contribution is 0.415. The van der Waals surface area contributed by atoms with E-state index in [4.69, 9.17) is 17.0 Å². The van der Waals surface area contributed by atoms with Gasteiger partial charge in [-0.1, -0.05) is 36.4 Å². The van der Waals surface area contributed by atoms with E-state index in [0.717, 1.165) is 22.1 Å². The highest BCUT2D eigenvalue weighted by atomic mass is 32.1. The summed E-state index contributed by atoms with van der Waals surface area (Å²) in [5.74, 6) is 1.29. The van der Waals surface area contributed by atoms with E-state index in [1.165, 1.54) is 0 Å². The second-order valence-electron chi connectivity index (χ2n) is 5.53.